The second-order valence-electron chi connectivity index (χ2n) is 11.5. The molecule has 5 aromatic rings. The van der Waals surface area contributed by atoms with E-state index in [1.54, 1.807) is 22.8 Å². The number of imidazole rings is 2. The van der Waals surface area contributed by atoms with Crippen LogP contribution in [0.3, 0.4) is 0 Å². The number of fused-ring (bicyclic) bond motifs is 1. The number of nitrogens with zero attached hydrogens (tertiary/aromatic N) is 8. The number of aromatic nitrogens is 6. The summed E-state index contributed by atoms with van der Waals surface area (Å²) < 4.78 is 31.6. The fraction of sp³-hybridized carbons (Fsp3) is 0.333. The molecule has 0 spiro atoms. The highest BCUT2D eigenvalue weighted by atomic mass is 19.1. The number of hydrogen-bond donors (Lipinski definition) is 0. The summed E-state index contributed by atoms with van der Waals surface area (Å²) in [5, 5.41) is 4.96. The molecule has 0 radical (unpaired) electrons. The van der Waals surface area contributed by atoms with Crippen molar-refractivity contribution in [3.05, 3.63) is 101 Å². The molecule has 1 aromatic carbocycles. The summed E-state index contributed by atoms with van der Waals surface area (Å²) in [6.45, 7) is 10.2. The molecule has 222 valence electrons. The minimum Gasteiger partial charge on any atom is -0.323 e. The Morgan fingerprint density at radius 2 is 1.80 bits per heavy atom. The van der Waals surface area contributed by atoms with Gasteiger partial charge in [0.25, 0.3) is 0 Å². The Hall–Kier alpha value is -4.82. The molecule has 4 aromatic heterocycles. The summed E-state index contributed by atoms with van der Waals surface area (Å²) >= 11 is 0. The van der Waals surface area contributed by atoms with Crippen LogP contribution in [-0.2, 0) is 6.42 Å². The van der Waals surface area contributed by atoms with Crippen molar-refractivity contribution in [1.82, 2.24) is 34.0 Å². The molecule has 0 N–H and O–H groups in total. The average Bonchev–Trinajstić information content (AvgIpc) is 3.69. The van der Waals surface area contributed by atoms with Crippen molar-refractivity contribution < 1.29 is 13.6 Å². The summed E-state index contributed by atoms with van der Waals surface area (Å²) in [5.41, 5.74) is 4.53. The van der Waals surface area contributed by atoms with Crippen molar-refractivity contribution in [3.63, 3.8) is 0 Å². The van der Waals surface area contributed by atoms with E-state index < -0.39 is 5.95 Å². The molecule has 44 heavy (non-hydrogen) atoms. The second kappa shape index (κ2) is 11.7. The maximum Gasteiger partial charge on any atom is 0.227 e. The molecule has 0 amide bonds. The second-order valence-corrected chi connectivity index (χ2v) is 11.5. The smallest absolute Gasteiger partial charge is 0.227 e. The lowest BCUT2D eigenvalue weighted by Crippen LogP contribution is -2.36. The summed E-state index contributed by atoms with van der Waals surface area (Å²) in [6.07, 6.45) is 7.02. The monoisotopic (exact) mass is 592 g/mol. The summed E-state index contributed by atoms with van der Waals surface area (Å²) in [7, 11) is 0. The molecule has 1 aliphatic carbocycles. The molecule has 0 atom stereocenters. The standard InChI is InChI=1S/C33H30F2N8O/c1-36-14-17-41-15-11-26(12-16-41)43-32(31(39-33(43)22-2-3-22)21-4-6-24(34)7-5-21)27-8-9-30-38-25(20-42(30)40-27)19-28(44)23-10-13-37-29(35)18-23/h4-10,13,18,20,22,26H,2-3,11-12,14-17,19H2. The molecule has 11 heteroatoms. The van der Waals surface area contributed by atoms with Crippen molar-refractivity contribution in [2.45, 2.75) is 44.1 Å². The molecule has 2 fully saturated rings. The molecular formula is C33H30F2N8O. The highest BCUT2D eigenvalue weighted by molar-refractivity contribution is 5.97. The first kappa shape index (κ1) is 28.0. The number of hydrogen-bond acceptors (Lipinski definition) is 6. The molecule has 5 heterocycles. The number of Topliss-reactive ketones (excluding diaryl/α,β-unsaturated/α-hetero) is 1. The van der Waals surface area contributed by atoms with E-state index >= 15 is 0 Å². The Kier molecular flexibility index (Phi) is 7.44. The number of piperidine rings is 1. The molecule has 1 saturated carbocycles. The zero-order chi connectivity index (χ0) is 30.2. The molecule has 2 aliphatic rings. The Morgan fingerprint density at radius 1 is 1.00 bits per heavy atom. The van der Waals surface area contributed by atoms with E-state index in [-0.39, 0.29) is 29.6 Å². The fourth-order valence-electron chi connectivity index (χ4n) is 6.08. The van der Waals surface area contributed by atoms with Gasteiger partial charge in [-0.25, -0.2) is 30.4 Å². The predicted molar refractivity (Wildman–Crippen MR) is 160 cm³/mol. The third-order valence-electron chi connectivity index (χ3n) is 8.45. The SMILES string of the molecule is [C-]#[N+]CCN1CCC(n2c(C3CC3)nc(-c3ccc(F)cc3)c2-c2ccc3nc(CC(=O)c4ccnc(F)c4)cn3n2)CC1. The third kappa shape index (κ3) is 5.61. The molecule has 9 nitrogen and oxygen atoms in total. The first-order chi connectivity index (χ1) is 21.5. The van der Waals surface area contributed by atoms with E-state index in [0.717, 1.165) is 74.2 Å². The molecule has 1 aliphatic heterocycles. The van der Waals surface area contributed by atoms with E-state index in [2.05, 4.69) is 24.3 Å². The number of pyridine rings is 1. The fourth-order valence-corrected chi connectivity index (χ4v) is 6.08. The van der Waals surface area contributed by atoms with Gasteiger partial charge in [0.2, 0.25) is 12.5 Å². The first-order valence-electron chi connectivity index (χ1n) is 14.9. The number of benzene rings is 1. The van der Waals surface area contributed by atoms with Gasteiger partial charge in [0.05, 0.1) is 36.2 Å². The summed E-state index contributed by atoms with van der Waals surface area (Å²) in [5.74, 6) is 0.144. The van der Waals surface area contributed by atoms with Crippen LogP contribution in [0.4, 0.5) is 8.78 Å². The van der Waals surface area contributed by atoms with Gasteiger partial charge < -0.3 is 9.41 Å². The van der Waals surface area contributed by atoms with Gasteiger partial charge >= 0.3 is 0 Å². The highest BCUT2D eigenvalue weighted by Gasteiger charge is 2.36. The minimum atomic E-state index is -0.703. The quantitative estimate of drug-likeness (QED) is 0.122. The van der Waals surface area contributed by atoms with Gasteiger partial charge in [0.15, 0.2) is 11.4 Å². The van der Waals surface area contributed by atoms with Crippen LogP contribution in [0.25, 0.3) is 33.1 Å². The Labute approximate surface area is 253 Å². The molecule has 1 saturated heterocycles. The van der Waals surface area contributed by atoms with E-state index in [1.165, 1.54) is 24.4 Å². The maximum atomic E-state index is 13.9. The zero-order valence-electron chi connectivity index (χ0n) is 24.0. The van der Waals surface area contributed by atoms with Crippen molar-refractivity contribution in [1.29, 1.82) is 0 Å². The van der Waals surface area contributed by atoms with Crippen LogP contribution in [0, 0.1) is 18.3 Å². The molecular weight excluding hydrogens is 562 g/mol. The van der Waals surface area contributed by atoms with Gasteiger partial charge in [-0.15, -0.1) is 0 Å². The molecule has 7 rings (SSSR count). The average molecular weight is 593 g/mol. The number of likely N-dealkylation sites (tertiary alicyclic amines) is 1. The van der Waals surface area contributed by atoms with E-state index in [4.69, 9.17) is 16.7 Å². The first-order valence-corrected chi connectivity index (χ1v) is 14.9. The molecule has 0 unspecified atom stereocenters. The third-order valence-corrected chi connectivity index (χ3v) is 8.45. The van der Waals surface area contributed by atoms with Crippen molar-refractivity contribution >= 4 is 11.4 Å². The Bertz CT molecular complexity index is 1880. The Balaban J connectivity index is 1.28. The van der Waals surface area contributed by atoms with Gasteiger partial charge in [-0.05, 0) is 68.1 Å². The van der Waals surface area contributed by atoms with E-state index in [1.807, 2.05) is 12.1 Å². The number of ketones is 1. The van der Waals surface area contributed by atoms with Crippen molar-refractivity contribution in [3.8, 4) is 22.6 Å². The largest absolute Gasteiger partial charge is 0.323 e. The normalized spacial score (nSPS) is 15.9. The number of carbonyl (C=O) groups excluding carboxylic acids is 1. The number of rotatable bonds is 9. The van der Waals surface area contributed by atoms with Crippen LogP contribution in [0.15, 0.2) is 60.9 Å². The van der Waals surface area contributed by atoms with E-state index in [9.17, 15) is 13.6 Å². The Morgan fingerprint density at radius 3 is 2.52 bits per heavy atom. The van der Waals surface area contributed by atoms with Crippen LogP contribution in [0.5, 0.6) is 0 Å². The van der Waals surface area contributed by atoms with Crippen LogP contribution in [0.2, 0.25) is 0 Å². The lowest BCUT2D eigenvalue weighted by Gasteiger charge is -2.33. The van der Waals surface area contributed by atoms with Gasteiger partial charge in [-0.3, -0.25) is 9.69 Å². The highest BCUT2D eigenvalue weighted by Crippen LogP contribution is 2.46. The summed E-state index contributed by atoms with van der Waals surface area (Å²) in [6, 6.07) is 13.0. The van der Waals surface area contributed by atoms with Crippen molar-refractivity contribution in [2.75, 3.05) is 26.2 Å². The zero-order valence-corrected chi connectivity index (χ0v) is 24.0. The van der Waals surface area contributed by atoms with E-state index in [0.29, 0.717) is 29.5 Å². The minimum absolute atomic E-state index is 0.00118. The predicted octanol–water partition coefficient (Wildman–Crippen LogP) is 5.79. The van der Waals surface area contributed by atoms with Crippen LogP contribution in [0.1, 0.15) is 59.5 Å². The maximum absolute atomic E-state index is 13.9. The van der Waals surface area contributed by atoms with Crippen molar-refractivity contribution in [2.24, 2.45) is 0 Å². The number of halogens is 2. The van der Waals surface area contributed by atoms with Gasteiger partial charge in [0.1, 0.15) is 17.3 Å². The van der Waals surface area contributed by atoms with Gasteiger partial charge in [0, 0.05) is 48.4 Å². The lowest BCUT2D eigenvalue weighted by atomic mass is 10.0. The number of carbonyl (C=O) groups is 1. The van der Waals surface area contributed by atoms with Gasteiger partial charge in [-0.2, -0.15) is 9.49 Å². The topological polar surface area (TPSA) is 85.6 Å². The van der Waals surface area contributed by atoms with Gasteiger partial charge in [-0.1, -0.05) is 0 Å². The lowest BCUT2D eigenvalue weighted by molar-refractivity contribution is 0.0991. The van der Waals surface area contributed by atoms with Crippen LogP contribution in [-0.4, -0.2) is 66.0 Å². The van der Waals surface area contributed by atoms with Crippen LogP contribution >= 0.6 is 0 Å². The van der Waals surface area contributed by atoms with Crippen LogP contribution < -0.4 is 0 Å². The molecule has 0 bridgehead atoms. The summed E-state index contributed by atoms with van der Waals surface area (Å²) in [4.78, 5) is 32.0.